The monoisotopic (exact) mass is 496 g/mol. The van der Waals surface area contributed by atoms with Crippen LogP contribution < -0.4 is 10.6 Å². The lowest BCUT2D eigenvalue weighted by Gasteiger charge is -2.40. The predicted octanol–water partition coefficient (Wildman–Crippen LogP) is 5.12. The Morgan fingerprint density at radius 3 is 1.92 bits per heavy atom. The van der Waals surface area contributed by atoms with Crippen molar-refractivity contribution in [2.24, 2.45) is 0 Å². The summed E-state index contributed by atoms with van der Waals surface area (Å²) < 4.78 is 6.13. The molecule has 0 atom stereocenters. The zero-order valence-electron chi connectivity index (χ0n) is 22.2. The first-order valence-electron chi connectivity index (χ1n) is 13.0. The summed E-state index contributed by atoms with van der Waals surface area (Å²) in [6.45, 7) is 9.79. The van der Waals surface area contributed by atoms with Gasteiger partial charge >= 0.3 is 6.09 Å². The molecule has 9 heteroatoms. The van der Waals surface area contributed by atoms with Crippen molar-refractivity contribution in [2.45, 2.75) is 115 Å². The molecule has 3 N–H and O–H groups in total. The Morgan fingerprint density at radius 1 is 0.917 bits per heavy atom. The number of hydrogen-bond acceptors (Lipinski definition) is 8. The number of carbonyl (C=O) groups is 1. The zero-order valence-corrected chi connectivity index (χ0v) is 22.2. The molecule has 0 radical (unpaired) electrons. The largest absolute Gasteiger partial charge is 0.443 e. The van der Waals surface area contributed by atoms with Crippen molar-refractivity contribution in [3.8, 4) is 0 Å². The topological polar surface area (TPSA) is 127 Å². The van der Waals surface area contributed by atoms with Crippen LogP contribution in [-0.2, 0) is 4.74 Å². The number of rotatable bonds is 4. The second-order valence-corrected chi connectivity index (χ2v) is 12.0. The van der Waals surface area contributed by atoms with Gasteiger partial charge in [-0.1, -0.05) is 0 Å². The molecule has 196 valence electrons. The van der Waals surface area contributed by atoms with Gasteiger partial charge in [-0.05, 0) is 86.0 Å². The van der Waals surface area contributed by atoms with Gasteiger partial charge in [0.2, 0.25) is 0 Å². The molecule has 0 spiro atoms. The van der Waals surface area contributed by atoms with E-state index in [0.717, 1.165) is 62.8 Å². The number of carbonyl (C=O) groups excluding carboxylic acids is 1. The molecule has 2 aromatic heterocycles. The highest BCUT2D eigenvalue weighted by atomic mass is 16.6. The molecule has 2 aliphatic carbocycles. The number of anilines is 2. The van der Waals surface area contributed by atoms with E-state index in [-0.39, 0.29) is 11.8 Å². The van der Waals surface area contributed by atoms with Crippen molar-refractivity contribution in [3.05, 3.63) is 36.2 Å². The van der Waals surface area contributed by atoms with Gasteiger partial charge in [-0.15, -0.1) is 0 Å². The summed E-state index contributed by atoms with van der Waals surface area (Å²) >= 11 is 0. The second-order valence-electron chi connectivity index (χ2n) is 12.0. The molecule has 0 saturated heterocycles. The molecule has 0 bridgehead atoms. The van der Waals surface area contributed by atoms with Gasteiger partial charge in [0.1, 0.15) is 11.4 Å². The number of nitrogens with two attached hydrogens (primary N) is 1. The van der Waals surface area contributed by atoms with E-state index >= 15 is 0 Å². The molecule has 4 rings (SSSR count). The van der Waals surface area contributed by atoms with E-state index in [9.17, 15) is 9.90 Å². The predicted molar refractivity (Wildman–Crippen MR) is 139 cm³/mol. The first-order valence-corrected chi connectivity index (χ1v) is 13.0. The standard InChI is InChI=1S/C27H40N6O3/c1-25(2,3)33(23-17-30-21(15-32-23)18-6-10-26(4,35)11-7-18)24(34)36-27(5)12-8-19(9-13-27)20-14-31-22(28)16-29-20/h14-19,35H,6-13H2,1-5H3,(H2,28,31)/t18-,19-,26+,27+. The number of hydrogen-bond donors (Lipinski definition) is 2. The third-order valence-electron chi connectivity index (χ3n) is 7.71. The Labute approximate surface area is 213 Å². The lowest BCUT2D eigenvalue weighted by molar-refractivity contribution is -0.00442. The van der Waals surface area contributed by atoms with E-state index in [2.05, 4.69) is 19.9 Å². The number of ether oxygens (including phenoxy) is 1. The third-order valence-corrected chi connectivity index (χ3v) is 7.71. The minimum Gasteiger partial charge on any atom is -0.443 e. The van der Waals surface area contributed by atoms with Crippen molar-refractivity contribution >= 4 is 17.7 Å². The Bertz CT molecular complexity index is 1030. The molecule has 2 saturated carbocycles. The molecule has 2 fully saturated rings. The summed E-state index contributed by atoms with van der Waals surface area (Å²) in [6, 6.07) is 0. The first kappa shape index (κ1) is 26.3. The average Bonchev–Trinajstić information content (AvgIpc) is 2.80. The quantitative estimate of drug-likeness (QED) is 0.597. The average molecular weight is 497 g/mol. The third kappa shape index (κ3) is 6.11. The van der Waals surface area contributed by atoms with Crippen molar-refractivity contribution in [1.82, 2.24) is 19.9 Å². The lowest BCUT2D eigenvalue weighted by atomic mass is 9.78. The van der Waals surface area contributed by atoms with Gasteiger partial charge in [0.15, 0.2) is 5.82 Å². The number of aromatic nitrogens is 4. The molecule has 0 unspecified atom stereocenters. The minimum atomic E-state index is -0.589. The van der Waals surface area contributed by atoms with Gasteiger partial charge < -0.3 is 15.6 Å². The van der Waals surface area contributed by atoms with Crippen LogP contribution in [0.4, 0.5) is 16.4 Å². The summed E-state index contributed by atoms with van der Waals surface area (Å²) in [5.74, 6) is 1.46. The SMILES string of the molecule is CC(C)(C)N(C(=O)O[C@]1(C)CC[C@H](c2cnc(N)cn2)CC1)c1cnc([C@H]2CC[C@@](C)(O)CC2)cn1. The van der Waals surface area contributed by atoms with Crippen LogP contribution in [0.2, 0.25) is 0 Å². The van der Waals surface area contributed by atoms with E-state index < -0.39 is 22.8 Å². The highest BCUT2D eigenvalue weighted by Gasteiger charge is 2.40. The highest BCUT2D eigenvalue weighted by Crippen LogP contribution is 2.40. The molecule has 2 aliphatic rings. The highest BCUT2D eigenvalue weighted by molar-refractivity contribution is 5.88. The summed E-state index contributed by atoms with van der Waals surface area (Å²) in [4.78, 5) is 33.0. The smallest absolute Gasteiger partial charge is 0.416 e. The van der Waals surface area contributed by atoms with Crippen LogP contribution >= 0.6 is 0 Å². The Morgan fingerprint density at radius 2 is 1.44 bits per heavy atom. The molecule has 9 nitrogen and oxygen atoms in total. The molecule has 0 aromatic carbocycles. The Balaban J connectivity index is 1.42. The molecular weight excluding hydrogens is 456 g/mol. The van der Waals surface area contributed by atoms with Crippen LogP contribution in [0.25, 0.3) is 0 Å². The molecule has 0 aliphatic heterocycles. The summed E-state index contributed by atoms with van der Waals surface area (Å²) in [7, 11) is 0. The maximum absolute atomic E-state index is 13.5. The van der Waals surface area contributed by atoms with Gasteiger partial charge in [-0.25, -0.2) is 14.8 Å². The van der Waals surface area contributed by atoms with Crippen LogP contribution in [0.5, 0.6) is 0 Å². The molecule has 36 heavy (non-hydrogen) atoms. The number of nitrogen functional groups attached to an aromatic ring is 1. The lowest BCUT2D eigenvalue weighted by Crippen LogP contribution is -2.50. The number of aliphatic hydroxyl groups is 1. The summed E-state index contributed by atoms with van der Waals surface area (Å²) in [6.07, 6.45) is 12.8. The van der Waals surface area contributed by atoms with Crippen molar-refractivity contribution in [2.75, 3.05) is 10.6 Å². The van der Waals surface area contributed by atoms with E-state index in [0.29, 0.717) is 11.6 Å². The molecule has 2 heterocycles. The van der Waals surface area contributed by atoms with Gasteiger partial charge in [0.25, 0.3) is 0 Å². The fourth-order valence-corrected chi connectivity index (χ4v) is 5.35. The van der Waals surface area contributed by atoms with E-state index in [4.69, 9.17) is 10.5 Å². The minimum absolute atomic E-state index is 0.279. The van der Waals surface area contributed by atoms with Crippen LogP contribution in [0.3, 0.4) is 0 Å². The Kier molecular flexibility index (Phi) is 7.23. The van der Waals surface area contributed by atoms with Crippen molar-refractivity contribution in [1.29, 1.82) is 0 Å². The van der Waals surface area contributed by atoms with Crippen LogP contribution in [0.15, 0.2) is 24.8 Å². The fourth-order valence-electron chi connectivity index (χ4n) is 5.35. The second kappa shape index (κ2) is 9.92. The number of amides is 1. The van der Waals surface area contributed by atoms with Crippen molar-refractivity contribution in [3.63, 3.8) is 0 Å². The first-order chi connectivity index (χ1) is 16.9. The summed E-state index contributed by atoms with van der Waals surface area (Å²) in [5, 5.41) is 10.2. The molecular formula is C27H40N6O3. The molecule has 1 amide bonds. The van der Waals surface area contributed by atoms with Crippen molar-refractivity contribution < 1.29 is 14.6 Å². The number of nitrogens with zero attached hydrogens (tertiary/aromatic N) is 5. The maximum Gasteiger partial charge on any atom is 0.416 e. The summed E-state index contributed by atoms with van der Waals surface area (Å²) in [5.41, 5.74) is 5.82. The Hall–Kier alpha value is -2.81. The maximum atomic E-state index is 13.5. The zero-order chi connectivity index (χ0) is 26.1. The van der Waals surface area contributed by atoms with Gasteiger partial charge in [-0.3, -0.25) is 14.9 Å². The fraction of sp³-hybridized carbons (Fsp3) is 0.667. The molecule has 2 aromatic rings. The van der Waals surface area contributed by atoms with E-state index in [1.807, 2.05) is 34.6 Å². The van der Waals surface area contributed by atoms with Crippen LogP contribution in [0, 0.1) is 0 Å². The van der Waals surface area contributed by atoms with Gasteiger partial charge in [0.05, 0.1) is 41.8 Å². The normalized spacial score (nSPS) is 28.9. The van der Waals surface area contributed by atoms with E-state index in [1.54, 1.807) is 29.7 Å². The van der Waals surface area contributed by atoms with Crippen LogP contribution in [-0.4, -0.2) is 47.9 Å². The van der Waals surface area contributed by atoms with Gasteiger partial charge in [0, 0.05) is 17.4 Å². The van der Waals surface area contributed by atoms with Gasteiger partial charge in [-0.2, -0.15) is 0 Å². The van der Waals surface area contributed by atoms with E-state index in [1.165, 1.54) is 0 Å². The van der Waals surface area contributed by atoms with Crippen LogP contribution in [0.1, 0.15) is 109 Å².